The molecule has 1 aliphatic rings. The van der Waals surface area contributed by atoms with Gasteiger partial charge in [0.2, 0.25) is 11.8 Å². The molecule has 2 rings (SSSR count). The van der Waals surface area contributed by atoms with Gasteiger partial charge < -0.3 is 15.5 Å². The van der Waals surface area contributed by atoms with Crippen LogP contribution in [0.3, 0.4) is 0 Å². The van der Waals surface area contributed by atoms with Gasteiger partial charge in [0.15, 0.2) is 0 Å². The molecule has 0 spiro atoms. The Hall–Kier alpha value is -1.59. The predicted octanol–water partition coefficient (Wildman–Crippen LogP) is 1.10. The lowest BCUT2D eigenvalue weighted by Crippen LogP contribution is -2.55. The number of halogens is 1. The maximum atomic E-state index is 11.9. The van der Waals surface area contributed by atoms with Crippen LogP contribution < -0.4 is 10.6 Å². The Morgan fingerprint density at radius 1 is 1.47 bits per heavy atom. The van der Waals surface area contributed by atoms with Crippen molar-refractivity contribution in [3.05, 3.63) is 29.3 Å². The molecular weight excluding hydrogens is 266 g/mol. The molecule has 1 aromatic rings. The van der Waals surface area contributed by atoms with Crippen molar-refractivity contribution in [2.75, 3.05) is 25.0 Å². The first-order valence-corrected chi connectivity index (χ1v) is 6.51. The zero-order valence-electron chi connectivity index (χ0n) is 10.6. The fourth-order valence-electron chi connectivity index (χ4n) is 1.95. The number of hydrogen-bond donors (Lipinski definition) is 2. The summed E-state index contributed by atoms with van der Waals surface area (Å²) in [6.07, 6.45) is 0. The first-order chi connectivity index (χ1) is 9.06. The van der Waals surface area contributed by atoms with E-state index in [0.717, 1.165) is 0 Å². The Balaban J connectivity index is 1.90. The molecule has 1 heterocycles. The van der Waals surface area contributed by atoms with Gasteiger partial charge in [-0.25, -0.2) is 0 Å². The van der Waals surface area contributed by atoms with Gasteiger partial charge >= 0.3 is 0 Å². The number of anilines is 1. The van der Waals surface area contributed by atoms with E-state index in [1.807, 2.05) is 0 Å². The highest BCUT2D eigenvalue weighted by molar-refractivity contribution is 6.30. The Kier molecular flexibility index (Phi) is 4.39. The number of hydrogen-bond acceptors (Lipinski definition) is 3. The summed E-state index contributed by atoms with van der Waals surface area (Å²) in [5.74, 6) is -0.248. The second-order valence-electron chi connectivity index (χ2n) is 4.49. The average Bonchev–Trinajstić information content (AvgIpc) is 2.38. The normalized spacial score (nSPS) is 19.4. The van der Waals surface area contributed by atoms with Gasteiger partial charge in [-0.3, -0.25) is 9.59 Å². The minimum atomic E-state index is -0.225. The topological polar surface area (TPSA) is 61.4 Å². The molecule has 6 heteroatoms. The number of benzene rings is 1. The number of carbonyl (C=O) groups excluding carboxylic acids is 2. The lowest BCUT2D eigenvalue weighted by molar-refractivity contribution is -0.138. The second-order valence-corrected chi connectivity index (χ2v) is 4.93. The molecule has 1 aromatic carbocycles. The van der Waals surface area contributed by atoms with Gasteiger partial charge in [0.25, 0.3) is 0 Å². The van der Waals surface area contributed by atoms with E-state index in [4.69, 9.17) is 11.6 Å². The minimum absolute atomic E-state index is 0.0440. The smallest absolute Gasteiger partial charge is 0.243 e. The maximum Gasteiger partial charge on any atom is 0.243 e. The van der Waals surface area contributed by atoms with Crippen molar-refractivity contribution in [3.8, 4) is 0 Å². The number of carbonyl (C=O) groups is 2. The Morgan fingerprint density at radius 2 is 2.16 bits per heavy atom. The highest BCUT2D eigenvalue weighted by Gasteiger charge is 2.25. The van der Waals surface area contributed by atoms with Crippen LogP contribution in [0.25, 0.3) is 0 Å². The van der Waals surface area contributed by atoms with Gasteiger partial charge in [0, 0.05) is 23.8 Å². The molecule has 0 saturated carbocycles. The fourth-order valence-corrected chi connectivity index (χ4v) is 2.08. The summed E-state index contributed by atoms with van der Waals surface area (Å²) in [6, 6.07) is 6.63. The van der Waals surface area contributed by atoms with Crippen LogP contribution in [-0.4, -0.2) is 42.4 Å². The number of nitrogens with one attached hydrogen (secondary N) is 2. The Labute approximate surface area is 116 Å². The summed E-state index contributed by atoms with van der Waals surface area (Å²) < 4.78 is 0. The third-order valence-corrected chi connectivity index (χ3v) is 3.23. The van der Waals surface area contributed by atoms with Gasteiger partial charge in [-0.1, -0.05) is 11.6 Å². The molecular formula is C13H16ClN3O2. The molecule has 1 atom stereocenters. The molecule has 0 aromatic heterocycles. The van der Waals surface area contributed by atoms with Gasteiger partial charge in [-0.15, -0.1) is 0 Å². The molecule has 1 unspecified atom stereocenters. The summed E-state index contributed by atoms with van der Waals surface area (Å²) in [7, 11) is 0. The van der Waals surface area contributed by atoms with Gasteiger partial charge in [0.05, 0.1) is 12.6 Å². The molecule has 2 N–H and O–H groups in total. The number of rotatable bonds is 3. The van der Waals surface area contributed by atoms with Crippen LogP contribution in [0.2, 0.25) is 5.02 Å². The second kappa shape index (κ2) is 6.04. The van der Waals surface area contributed by atoms with E-state index in [9.17, 15) is 9.59 Å². The van der Waals surface area contributed by atoms with E-state index < -0.39 is 0 Å². The van der Waals surface area contributed by atoms with Crippen LogP contribution in [-0.2, 0) is 9.59 Å². The average molecular weight is 282 g/mol. The van der Waals surface area contributed by atoms with Crippen LogP contribution in [0.1, 0.15) is 6.92 Å². The van der Waals surface area contributed by atoms with E-state index >= 15 is 0 Å². The van der Waals surface area contributed by atoms with Crippen LogP contribution in [0, 0.1) is 0 Å². The van der Waals surface area contributed by atoms with Crippen molar-refractivity contribution in [2.24, 2.45) is 0 Å². The van der Waals surface area contributed by atoms with Crippen molar-refractivity contribution in [1.29, 1.82) is 0 Å². The molecule has 2 amide bonds. The number of piperazine rings is 1. The highest BCUT2D eigenvalue weighted by atomic mass is 35.5. The molecule has 0 bridgehead atoms. The quantitative estimate of drug-likeness (QED) is 0.872. The zero-order chi connectivity index (χ0) is 13.8. The van der Waals surface area contributed by atoms with Crippen LogP contribution in [0.15, 0.2) is 24.3 Å². The van der Waals surface area contributed by atoms with Crippen molar-refractivity contribution in [1.82, 2.24) is 10.2 Å². The fraction of sp³-hybridized carbons (Fsp3) is 0.385. The third kappa shape index (κ3) is 3.68. The molecule has 102 valence electrons. The van der Waals surface area contributed by atoms with E-state index in [1.165, 1.54) is 0 Å². The first-order valence-electron chi connectivity index (χ1n) is 6.14. The molecule has 1 saturated heterocycles. The largest absolute Gasteiger partial charge is 0.331 e. The summed E-state index contributed by atoms with van der Waals surface area (Å²) in [5.41, 5.74) is 0.671. The summed E-state index contributed by atoms with van der Waals surface area (Å²) in [5, 5.41) is 6.41. The van der Waals surface area contributed by atoms with Gasteiger partial charge in [0.1, 0.15) is 0 Å². The molecule has 1 aliphatic heterocycles. The Bertz CT molecular complexity index is 475. The van der Waals surface area contributed by atoms with E-state index in [2.05, 4.69) is 10.6 Å². The lowest BCUT2D eigenvalue weighted by atomic mass is 10.2. The lowest BCUT2D eigenvalue weighted by Gasteiger charge is -2.30. The molecule has 1 fully saturated rings. The summed E-state index contributed by atoms with van der Waals surface area (Å²) in [4.78, 5) is 25.2. The van der Waals surface area contributed by atoms with E-state index in [-0.39, 0.29) is 24.4 Å². The number of amides is 2. The van der Waals surface area contributed by atoms with Crippen molar-refractivity contribution < 1.29 is 9.59 Å². The molecule has 0 radical (unpaired) electrons. The molecule has 19 heavy (non-hydrogen) atoms. The standard InChI is InChI=1S/C13H16ClN3O2/c1-9-13(19)17(7-6-15-9)8-12(18)16-11-4-2-10(14)3-5-11/h2-5,9,15H,6-8H2,1H3,(H,16,18). The number of nitrogens with zero attached hydrogens (tertiary/aromatic N) is 1. The Morgan fingerprint density at radius 3 is 2.84 bits per heavy atom. The van der Waals surface area contributed by atoms with Gasteiger partial charge in [-0.2, -0.15) is 0 Å². The van der Waals surface area contributed by atoms with Crippen molar-refractivity contribution in [3.63, 3.8) is 0 Å². The monoisotopic (exact) mass is 281 g/mol. The third-order valence-electron chi connectivity index (χ3n) is 2.98. The summed E-state index contributed by atoms with van der Waals surface area (Å²) >= 11 is 5.77. The highest BCUT2D eigenvalue weighted by Crippen LogP contribution is 2.13. The van der Waals surface area contributed by atoms with Crippen LogP contribution in [0.5, 0.6) is 0 Å². The predicted molar refractivity (Wildman–Crippen MR) is 74.1 cm³/mol. The zero-order valence-corrected chi connectivity index (χ0v) is 11.4. The van der Waals surface area contributed by atoms with Crippen molar-refractivity contribution in [2.45, 2.75) is 13.0 Å². The molecule has 0 aliphatic carbocycles. The summed E-state index contributed by atoms with van der Waals surface area (Å²) in [6.45, 7) is 3.14. The molecule has 5 nitrogen and oxygen atoms in total. The SMILES string of the molecule is CC1NCCN(CC(=O)Nc2ccc(Cl)cc2)C1=O. The van der Waals surface area contributed by atoms with Crippen molar-refractivity contribution >= 4 is 29.1 Å². The van der Waals surface area contributed by atoms with Crippen LogP contribution in [0.4, 0.5) is 5.69 Å². The van der Waals surface area contributed by atoms with Crippen LogP contribution >= 0.6 is 11.6 Å². The maximum absolute atomic E-state index is 11.9. The van der Waals surface area contributed by atoms with E-state index in [0.29, 0.717) is 23.8 Å². The van der Waals surface area contributed by atoms with Gasteiger partial charge in [-0.05, 0) is 31.2 Å². The first kappa shape index (κ1) is 13.8. The minimum Gasteiger partial charge on any atom is -0.331 e. The van der Waals surface area contributed by atoms with E-state index in [1.54, 1.807) is 36.1 Å².